The first kappa shape index (κ1) is 11.6. The van der Waals surface area contributed by atoms with Crippen molar-refractivity contribution in [3.8, 4) is 0 Å². The monoisotopic (exact) mass is 220 g/mol. The van der Waals surface area contributed by atoms with Gasteiger partial charge in [-0.3, -0.25) is 0 Å². The minimum absolute atomic E-state index is 0.0777. The van der Waals surface area contributed by atoms with Crippen molar-refractivity contribution in [2.24, 2.45) is 5.41 Å². The fourth-order valence-corrected chi connectivity index (χ4v) is 1.86. The molecule has 1 heterocycles. The Morgan fingerprint density at radius 2 is 1.75 bits per heavy atom. The molecule has 1 aromatic carbocycles. The Labute approximate surface area is 97.6 Å². The summed E-state index contributed by atoms with van der Waals surface area (Å²) in [5.41, 5.74) is 1.16. The highest BCUT2D eigenvalue weighted by molar-refractivity contribution is 5.20. The highest BCUT2D eigenvalue weighted by Gasteiger charge is 2.42. The molecule has 88 valence electrons. The van der Waals surface area contributed by atoms with E-state index in [9.17, 15) is 0 Å². The molecule has 2 heteroatoms. The molecule has 0 bridgehead atoms. The van der Waals surface area contributed by atoms with Crippen LogP contribution >= 0.6 is 0 Å². The standard InChI is InChI=1S/C14H20O2/c1-11-13(2,3)10-15-14(4,16-11)12-8-6-5-7-9-12/h5-9,11H,10H2,1-4H3. The van der Waals surface area contributed by atoms with Gasteiger partial charge in [0.1, 0.15) is 0 Å². The van der Waals surface area contributed by atoms with Crippen molar-refractivity contribution >= 4 is 0 Å². The lowest BCUT2D eigenvalue weighted by Gasteiger charge is -2.46. The van der Waals surface area contributed by atoms with E-state index in [4.69, 9.17) is 9.47 Å². The molecule has 0 radical (unpaired) electrons. The SMILES string of the molecule is CC1OC(C)(c2ccccc2)OCC1(C)C. The third-order valence-corrected chi connectivity index (χ3v) is 3.52. The minimum Gasteiger partial charge on any atom is -0.345 e. The zero-order valence-electron chi connectivity index (χ0n) is 10.5. The molecule has 1 saturated heterocycles. The molecule has 1 aliphatic rings. The maximum atomic E-state index is 6.05. The van der Waals surface area contributed by atoms with Gasteiger partial charge in [0.05, 0.1) is 12.7 Å². The van der Waals surface area contributed by atoms with Crippen LogP contribution in [0.25, 0.3) is 0 Å². The van der Waals surface area contributed by atoms with Gasteiger partial charge in [-0.05, 0) is 13.8 Å². The van der Waals surface area contributed by atoms with Crippen molar-refractivity contribution in [1.82, 2.24) is 0 Å². The number of hydrogen-bond acceptors (Lipinski definition) is 2. The highest BCUT2D eigenvalue weighted by Crippen LogP contribution is 2.39. The van der Waals surface area contributed by atoms with Gasteiger partial charge in [-0.15, -0.1) is 0 Å². The van der Waals surface area contributed by atoms with E-state index in [1.54, 1.807) is 0 Å². The van der Waals surface area contributed by atoms with Gasteiger partial charge in [0, 0.05) is 11.0 Å². The predicted octanol–water partition coefficient (Wildman–Crippen LogP) is 3.32. The zero-order chi connectivity index (χ0) is 11.8. The van der Waals surface area contributed by atoms with Gasteiger partial charge in [-0.25, -0.2) is 0 Å². The van der Waals surface area contributed by atoms with Crippen LogP contribution in [0.1, 0.15) is 33.3 Å². The number of benzene rings is 1. The fourth-order valence-electron chi connectivity index (χ4n) is 1.86. The summed E-state index contributed by atoms with van der Waals surface area (Å²) in [5, 5.41) is 0. The minimum atomic E-state index is -0.601. The normalized spacial score (nSPS) is 33.6. The van der Waals surface area contributed by atoms with Gasteiger partial charge >= 0.3 is 0 Å². The molecule has 2 nitrogen and oxygen atoms in total. The first-order valence-electron chi connectivity index (χ1n) is 5.81. The Hall–Kier alpha value is -0.860. The van der Waals surface area contributed by atoms with Gasteiger partial charge in [0.2, 0.25) is 0 Å². The summed E-state index contributed by atoms with van der Waals surface area (Å²) in [4.78, 5) is 0. The van der Waals surface area contributed by atoms with Gasteiger partial charge < -0.3 is 9.47 Å². The predicted molar refractivity (Wildman–Crippen MR) is 64.1 cm³/mol. The van der Waals surface area contributed by atoms with Gasteiger partial charge in [0.25, 0.3) is 0 Å². The topological polar surface area (TPSA) is 18.5 Å². The Kier molecular flexibility index (Phi) is 2.81. The van der Waals surface area contributed by atoms with Crippen LogP contribution in [0.15, 0.2) is 30.3 Å². The Balaban J connectivity index is 2.23. The lowest BCUT2D eigenvalue weighted by molar-refractivity contribution is -0.325. The van der Waals surface area contributed by atoms with Crippen LogP contribution < -0.4 is 0 Å². The highest BCUT2D eigenvalue weighted by atomic mass is 16.7. The molecule has 16 heavy (non-hydrogen) atoms. The number of ether oxygens (including phenoxy) is 2. The maximum absolute atomic E-state index is 6.05. The van der Waals surface area contributed by atoms with Crippen molar-refractivity contribution in [2.45, 2.75) is 39.6 Å². The molecule has 1 fully saturated rings. The van der Waals surface area contributed by atoms with Gasteiger partial charge in [-0.2, -0.15) is 0 Å². The van der Waals surface area contributed by atoms with Crippen LogP contribution in [0.4, 0.5) is 0 Å². The summed E-state index contributed by atoms with van der Waals surface area (Å²) in [5.74, 6) is -0.601. The van der Waals surface area contributed by atoms with Crippen molar-refractivity contribution < 1.29 is 9.47 Å². The average molecular weight is 220 g/mol. The zero-order valence-corrected chi connectivity index (χ0v) is 10.5. The summed E-state index contributed by atoms with van der Waals surface area (Å²) in [6, 6.07) is 10.1. The molecule has 0 amide bonds. The van der Waals surface area contributed by atoms with E-state index in [2.05, 4.69) is 20.8 Å². The molecular weight excluding hydrogens is 200 g/mol. The molecule has 1 aromatic rings. The van der Waals surface area contributed by atoms with Crippen LogP contribution in [0.5, 0.6) is 0 Å². The van der Waals surface area contributed by atoms with Gasteiger partial charge in [0.15, 0.2) is 5.79 Å². The van der Waals surface area contributed by atoms with Crippen molar-refractivity contribution in [3.63, 3.8) is 0 Å². The average Bonchev–Trinajstić information content (AvgIpc) is 2.26. The summed E-state index contributed by atoms with van der Waals surface area (Å²) in [6.07, 6.45) is 0.187. The lowest BCUT2D eigenvalue weighted by atomic mass is 9.86. The molecule has 0 aromatic heterocycles. The van der Waals surface area contributed by atoms with Gasteiger partial charge in [-0.1, -0.05) is 44.2 Å². The molecular formula is C14H20O2. The summed E-state index contributed by atoms with van der Waals surface area (Å²) in [6.45, 7) is 9.17. The van der Waals surface area contributed by atoms with E-state index >= 15 is 0 Å². The number of rotatable bonds is 1. The molecule has 0 aliphatic carbocycles. The Morgan fingerprint density at radius 3 is 2.31 bits per heavy atom. The third-order valence-electron chi connectivity index (χ3n) is 3.52. The van der Waals surface area contributed by atoms with Crippen LogP contribution in [-0.4, -0.2) is 12.7 Å². The molecule has 1 aliphatic heterocycles. The van der Waals surface area contributed by atoms with E-state index in [-0.39, 0.29) is 11.5 Å². The summed E-state index contributed by atoms with van der Waals surface area (Å²) < 4.78 is 12.0. The van der Waals surface area contributed by atoms with E-state index in [0.717, 1.165) is 12.2 Å². The second-order valence-corrected chi connectivity index (χ2v) is 5.35. The maximum Gasteiger partial charge on any atom is 0.192 e. The quantitative estimate of drug-likeness (QED) is 0.722. The van der Waals surface area contributed by atoms with Crippen LogP contribution in [-0.2, 0) is 15.3 Å². The Bertz CT molecular complexity index is 358. The lowest BCUT2D eigenvalue weighted by Crippen LogP contribution is -2.48. The summed E-state index contributed by atoms with van der Waals surface area (Å²) in [7, 11) is 0. The van der Waals surface area contributed by atoms with Crippen LogP contribution in [0.2, 0.25) is 0 Å². The van der Waals surface area contributed by atoms with Crippen molar-refractivity contribution in [3.05, 3.63) is 35.9 Å². The van der Waals surface area contributed by atoms with Crippen LogP contribution in [0, 0.1) is 5.41 Å². The van der Waals surface area contributed by atoms with Crippen molar-refractivity contribution in [1.29, 1.82) is 0 Å². The van der Waals surface area contributed by atoms with Crippen LogP contribution in [0.3, 0.4) is 0 Å². The molecule has 2 atom stereocenters. The van der Waals surface area contributed by atoms with Crippen molar-refractivity contribution in [2.75, 3.05) is 6.61 Å². The first-order valence-corrected chi connectivity index (χ1v) is 5.81. The third kappa shape index (κ3) is 2.00. The summed E-state index contributed by atoms with van der Waals surface area (Å²) >= 11 is 0. The van der Waals surface area contributed by atoms with E-state index in [1.165, 1.54) is 0 Å². The van der Waals surface area contributed by atoms with E-state index in [0.29, 0.717) is 0 Å². The fraction of sp³-hybridized carbons (Fsp3) is 0.571. The van der Waals surface area contributed by atoms with E-state index < -0.39 is 5.79 Å². The molecule has 0 saturated carbocycles. The molecule has 2 rings (SSSR count). The Morgan fingerprint density at radius 1 is 1.12 bits per heavy atom. The second kappa shape index (κ2) is 3.86. The first-order chi connectivity index (χ1) is 7.44. The molecule has 2 unspecified atom stereocenters. The molecule has 0 spiro atoms. The second-order valence-electron chi connectivity index (χ2n) is 5.35. The largest absolute Gasteiger partial charge is 0.345 e. The number of hydrogen-bond donors (Lipinski definition) is 0. The smallest absolute Gasteiger partial charge is 0.192 e. The molecule has 0 N–H and O–H groups in total. The van der Waals surface area contributed by atoms with E-state index in [1.807, 2.05) is 37.3 Å².